The van der Waals surface area contributed by atoms with Crippen LogP contribution in [0.15, 0.2) is 18.3 Å². The molecule has 4 aliphatic heterocycles. The molecule has 3 aromatic rings. The van der Waals surface area contributed by atoms with Gasteiger partial charge >= 0.3 is 6.01 Å². The van der Waals surface area contributed by atoms with E-state index in [-0.39, 0.29) is 16.2 Å². The van der Waals surface area contributed by atoms with Crippen molar-refractivity contribution in [1.82, 2.24) is 24.8 Å². The number of anilines is 4. The fraction of sp³-hybridized carbons (Fsp3) is 0.594. The Bertz CT molecular complexity index is 1670. The van der Waals surface area contributed by atoms with Crippen LogP contribution in [-0.4, -0.2) is 82.9 Å². The van der Waals surface area contributed by atoms with Gasteiger partial charge in [-0.25, -0.2) is 4.98 Å². The Kier molecular flexibility index (Phi) is 7.43. The molecule has 2 bridgehead atoms. The van der Waals surface area contributed by atoms with Crippen LogP contribution in [0.4, 0.5) is 22.7 Å². The SMILES string of the molecule is CCN(c1nc(OCC2(CN3C4CCC3COC4)CC2)nc(N2CC3(C2)SCc2sc(N)c(C#N)c23)n1)[C@H](C)c1cccnc1N. The lowest BCUT2D eigenvalue weighted by atomic mass is 9.88. The molecule has 4 N–H and O–H groups in total. The maximum Gasteiger partial charge on any atom is 0.323 e. The van der Waals surface area contributed by atoms with E-state index < -0.39 is 0 Å². The van der Waals surface area contributed by atoms with Gasteiger partial charge in [-0.05, 0) is 45.6 Å². The number of ether oxygens (including phenoxy) is 2. The normalized spacial score (nSPS) is 24.3. The smallest absolute Gasteiger partial charge is 0.323 e. The van der Waals surface area contributed by atoms with Crippen molar-refractivity contribution in [2.75, 3.05) is 67.3 Å². The van der Waals surface area contributed by atoms with Gasteiger partial charge < -0.3 is 30.7 Å². The van der Waals surface area contributed by atoms with Gasteiger partial charge in [0.2, 0.25) is 11.9 Å². The van der Waals surface area contributed by atoms with E-state index >= 15 is 0 Å². The molecule has 3 aromatic heterocycles. The lowest BCUT2D eigenvalue weighted by molar-refractivity contribution is -0.0271. The molecule has 3 saturated heterocycles. The van der Waals surface area contributed by atoms with Crippen LogP contribution in [0.2, 0.25) is 0 Å². The molecule has 46 heavy (non-hydrogen) atoms. The molecule has 3 atom stereocenters. The fourth-order valence-electron chi connectivity index (χ4n) is 7.74. The summed E-state index contributed by atoms with van der Waals surface area (Å²) in [6, 6.07) is 7.55. The van der Waals surface area contributed by atoms with Gasteiger partial charge in [0.05, 0.1) is 36.2 Å². The van der Waals surface area contributed by atoms with Crippen LogP contribution in [0.5, 0.6) is 6.01 Å². The Balaban J connectivity index is 1.07. The van der Waals surface area contributed by atoms with Crippen molar-refractivity contribution in [2.24, 2.45) is 5.41 Å². The molecule has 1 saturated carbocycles. The lowest BCUT2D eigenvalue weighted by Crippen LogP contribution is -2.57. The number of thiophene rings is 1. The Labute approximate surface area is 277 Å². The van der Waals surface area contributed by atoms with E-state index in [1.54, 1.807) is 17.5 Å². The number of aromatic nitrogens is 4. The predicted molar refractivity (Wildman–Crippen MR) is 180 cm³/mol. The van der Waals surface area contributed by atoms with Crippen molar-refractivity contribution < 1.29 is 9.47 Å². The number of hydrogen-bond acceptors (Lipinski definition) is 14. The van der Waals surface area contributed by atoms with Gasteiger partial charge in [0.15, 0.2) is 0 Å². The van der Waals surface area contributed by atoms with E-state index in [1.807, 2.05) is 23.9 Å². The summed E-state index contributed by atoms with van der Waals surface area (Å²) in [5.41, 5.74) is 15.3. The van der Waals surface area contributed by atoms with Crippen molar-refractivity contribution >= 4 is 45.8 Å². The van der Waals surface area contributed by atoms with E-state index in [2.05, 4.69) is 39.6 Å². The number of rotatable bonds is 10. The summed E-state index contributed by atoms with van der Waals surface area (Å²) >= 11 is 3.43. The topological polar surface area (TPSA) is 156 Å². The number of hydrogen-bond donors (Lipinski definition) is 2. The number of nitrogens with two attached hydrogens (primary N) is 2. The van der Waals surface area contributed by atoms with Crippen LogP contribution in [0, 0.1) is 16.7 Å². The molecule has 12 nitrogen and oxygen atoms in total. The zero-order chi connectivity index (χ0) is 31.6. The Hall–Kier alpha value is -3.38. The number of morpholine rings is 1. The van der Waals surface area contributed by atoms with Gasteiger partial charge in [0.25, 0.3) is 0 Å². The van der Waals surface area contributed by atoms with Gasteiger partial charge in [0.1, 0.15) is 16.9 Å². The van der Waals surface area contributed by atoms with Crippen LogP contribution in [0.25, 0.3) is 0 Å². The van der Waals surface area contributed by atoms with Crippen LogP contribution >= 0.6 is 23.1 Å². The standard InChI is InChI=1S/C32H40N10O2S2/c1-3-41(19(2)22-5-4-10-36-26(22)34)29-37-28(40-16-32(17-40)25-23(11-33)27(35)46-24(25)14-45-32)38-30(39-29)44-18-31(8-9-31)15-42-20-6-7-21(42)13-43-12-20/h4-5,10,19-21H,3,6-9,12-18,35H2,1-2H3,(H2,34,36)/t19-,20?,21?/m1/s1. The molecule has 1 aliphatic carbocycles. The maximum absolute atomic E-state index is 9.87. The zero-order valence-electron chi connectivity index (χ0n) is 26.3. The van der Waals surface area contributed by atoms with Gasteiger partial charge in [-0.1, -0.05) is 6.07 Å². The Morgan fingerprint density at radius 2 is 1.98 bits per heavy atom. The number of fused-ring (bicyclic) bond motifs is 4. The third-order valence-electron chi connectivity index (χ3n) is 10.6. The first kappa shape index (κ1) is 30.0. The summed E-state index contributed by atoms with van der Waals surface area (Å²) in [5.74, 6) is 2.50. The molecular weight excluding hydrogens is 621 g/mol. The third-order valence-corrected chi connectivity index (χ3v) is 13.2. The van der Waals surface area contributed by atoms with Crippen molar-refractivity contribution in [2.45, 2.75) is 68.2 Å². The highest BCUT2D eigenvalue weighted by atomic mass is 32.2. The first-order valence-corrected chi connectivity index (χ1v) is 18.0. The summed E-state index contributed by atoms with van der Waals surface area (Å²) in [6.45, 7) is 9.51. The quantitative estimate of drug-likeness (QED) is 0.323. The number of thioether (sulfide) groups is 1. The number of nitrogens with zero attached hydrogens (tertiary/aromatic N) is 8. The van der Waals surface area contributed by atoms with E-state index in [0.717, 1.165) is 49.5 Å². The largest absolute Gasteiger partial charge is 0.463 e. The second-order valence-corrected chi connectivity index (χ2v) is 15.9. The summed E-state index contributed by atoms with van der Waals surface area (Å²) in [5, 5.41) is 10.5. The average Bonchev–Trinajstić information content (AvgIpc) is 3.53. The highest BCUT2D eigenvalue weighted by molar-refractivity contribution is 8.00. The summed E-state index contributed by atoms with van der Waals surface area (Å²) in [7, 11) is 0. The third kappa shape index (κ3) is 5.03. The van der Waals surface area contributed by atoms with Crippen molar-refractivity contribution in [3.63, 3.8) is 0 Å². The van der Waals surface area contributed by atoms with Crippen LogP contribution < -0.4 is 26.0 Å². The van der Waals surface area contributed by atoms with E-state index in [9.17, 15) is 5.26 Å². The van der Waals surface area contributed by atoms with Gasteiger partial charge in [-0.15, -0.1) is 23.1 Å². The van der Waals surface area contributed by atoms with Crippen molar-refractivity contribution in [3.8, 4) is 12.1 Å². The second kappa shape index (κ2) is 11.4. The Morgan fingerprint density at radius 1 is 1.20 bits per heavy atom. The van der Waals surface area contributed by atoms with Gasteiger partial charge in [0, 0.05) is 71.6 Å². The molecule has 1 spiro atoms. The highest BCUT2D eigenvalue weighted by Crippen LogP contribution is 2.58. The zero-order valence-corrected chi connectivity index (χ0v) is 27.9. The second-order valence-electron chi connectivity index (χ2n) is 13.4. The minimum Gasteiger partial charge on any atom is -0.463 e. The first-order chi connectivity index (χ1) is 22.3. The molecule has 0 radical (unpaired) electrons. The molecule has 0 amide bonds. The van der Waals surface area contributed by atoms with Crippen LogP contribution in [0.1, 0.15) is 67.1 Å². The number of pyridine rings is 1. The minimum absolute atomic E-state index is 0.115. The molecule has 14 heteroatoms. The van der Waals surface area contributed by atoms with E-state index in [0.29, 0.717) is 72.6 Å². The van der Waals surface area contributed by atoms with Gasteiger partial charge in [-0.2, -0.15) is 20.2 Å². The van der Waals surface area contributed by atoms with E-state index in [1.165, 1.54) is 17.7 Å². The molecule has 4 fully saturated rings. The molecule has 7 heterocycles. The summed E-state index contributed by atoms with van der Waals surface area (Å²) in [6.07, 6.45) is 6.44. The molecular formula is C32H40N10O2S2. The molecule has 0 aromatic carbocycles. The first-order valence-electron chi connectivity index (χ1n) is 16.2. The number of nitrogen functional groups attached to an aromatic ring is 2. The monoisotopic (exact) mass is 660 g/mol. The Morgan fingerprint density at radius 3 is 2.67 bits per heavy atom. The van der Waals surface area contributed by atoms with Crippen LogP contribution in [0.3, 0.4) is 0 Å². The van der Waals surface area contributed by atoms with E-state index in [4.69, 9.17) is 35.9 Å². The molecule has 5 aliphatic rings. The molecule has 2 unspecified atom stereocenters. The predicted octanol–water partition coefficient (Wildman–Crippen LogP) is 3.94. The van der Waals surface area contributed by atoms with Crippen molar-refractivity contribution in [3.05, 3.63) is 39.9 Å². The van der Waals surface area contributed by atoms with Crippen molar-refractivity contribution in [1.29, 1.82) is 5.26 Å². The molecule has 8 rings (SSSR count). The summed E-state index contributed by atoms with van der Waals surface area (Å²) < 4.78 is 12.2. The van der Waals surface area contributed by atoms with Gasteiger partial charge in [-0.3, -0.25) is 4.90 Å². The highest BCUT2D eigenvalue weighted by Gasteiger charge is 2.53. The summed E-state index contributed by atoms with van der Waals surface area (Å²) in [4.78, 5) is 27.3. The fourth-order valence-corrected chi connectivity index (χ4v) is 10.5. The maximum atomic E-state index is 9.87. The minimum atomic E-state index is -0.181. The lowest BCUT2D eigenvalue weighted by Gasteiger charge is -2.47. The molecule has 242 valence electrons. The average molecular weight is 661 g/mol. The number of nitriles is 1. The van der Waals surface area contributed by atoms with Crippen LogP contribution in [-0.2, 0) is 15.2 Å².